The van der Waals surface area contributed by atoms with Gasteiger partial charge in [0.05, 0.1) is 5.69 Å². The molecule has 8 heteroatoms. The van der Waals surface area contributed by atoms with E-state index >= 15 is 0 Å². The molecular weight excluding hydrogens is 405 g/mol. The Hall–Kier alpha value is -2.72. The Labute approximate surface area is 169 Å². The van der Waals surface area contributed by atoms with E-state index in [0.717, 1.165) is 17.0 Å². The third-order valence-corrected chi connectivity index (χ3v) is 5.08. The fourth-order valence-electron chi connectivity index (χ4n) is 2.52. The van der Waals surface area contributed by atoms with Crippen LogP contribution in [0.1, 0.15) is 5.01 Å². The number of hydrogen-bond donors (Lipinski definition) is 1. The number of nitrogens with zero attached hydrogens (tertiary/aromatic N) is 2. The number of thiazole rings is 1. The Morgan fingerprint density at radius 1 is 1.15 bits per heavy atom. The molecule has 0 unspecified atom stereocenters. The second-order valence-electron chi connectivity index (χ2n) is 5.58. The highest BCUT2D eigenvalue weighted by Crippen LogP contribution is 2.36. The fourth-order valence-corrected chi connectivity index (χ4v) is 3.84. The number of benzene rings is 2. The van der Waals surface area contributed by atoms with Gasteiger partial charge in [-0.3, -0.25) is 0 Å². The molecule has 0 amide bonds. The van der Waals surface area contributed by atoms with Crippen LogP contribution in [0.5, 0.6) is 11.5 Å². The lowest BCUT2D eigenvalue weighted by Gasteiger charge is -2.03. The number of halogens is 2. The minimum absolute atomic E-state index is 0.224. The lowest BCUT2D eigenvalue weighted by Crippen LogP contribution is -1.92. The maximum Gasteiger partial charge on any atom is 0.231 e. The molecule has 0 aliphatic carbocycles. The monoisotopic (exact) mass is 415 g/mol. The van der Waals surface area contributed by atoms with Gasteiger partial charge in [-0.2, -0.15) is 5.26 Å². The molecule has 134 valence electrons. The van der Waals surface area contributed by atoms with Crippen molar-refractivity contribution in [1.29, 1.82) is 5.26 Å². The first-order valence-electron chi connectivity index (χ1n) is 7.81. The van der Waals surface area contributed by atoms with E-state index < -0.39 is 0 Å². The topological polar surface area (TPSA) is 67.2 Å². The van der Waals surface area contributed by atoms with Crippen LogP contribution in [0.25, 0.3) is 16.8 Å². The lowest BCUT2D eigenvalue weighted by molar-refractivity contribution is 0.174. The number of ether oxygens (including phenoxy) is 2. The molecule has 0 radical (unpaired) electrons. The number of nitrogens with one attached hydrogen (secondary N) is 1. The lowest BCUT2D eigenvalue weighted by atomic mass is 10.1. The Balaban J connectivity index is 1.58. The zero-order chi connectivity index (χ0) is 18.8. The number of nitriles is 1. The van der Waals surface area contributed by atoms with Crippen LogP contribution in [0.15, 0.2) is 48.0 Å². The van der Waals surface area contributed by atoms with E-state index in [9.17, 15) is 5.26 Å². The van der Waals surface area contributed by atoms with Crippen molar-refractivity contribution >= 4 is 45.8 Å². The molecule has 0 atom stereocenters. The molecule has 4 rings (SSSR count). The molecule has 1 aliphatic heterocycles. The summed E-state index contributed by atoms with van der Waals surface area (Å²) >= 11 is 13.4. The van der Waals surface area contributed by atoms with Gasteiger partial charge in [0.2, 0.25) is 6.79 Å². The Morgan fingerprint density at radius 3 is 2.70 bits per heavy atom. The minimum atomic E-state index is 0.224. The molecule has 1 aliphatic rings. The SMILES string of the molecule is N#C/C(=C/Nc1cc(Cl)cc(Cl)c1)c1nc(-c2ccc3c(c2)OCO3)cs1. The molecule has 0 saturated heterocycles. The van der Waals surface area contributed by atoms with Gasteiger partial charge in [0.15, 0.2) is 11.5 Å². The van der Waals surface area contributed by atoms with Gasteiger partial charge in [-0.15, -0.1) is 11.3 Å². The van der Waals surface area contributed by atoms with Crippen LogP contribution in [0.3, 0.4) is 0 Å². The van der Waals surface area contributed by atoms with Crippen LogP contribution < -0.4 is 14.8 Å². The highest BCUT2D eigenvalue weighted by atomic mass is 35.5. The fraction of sp³-hybridized carbons (Fsp3) is 0.0526. The van der Waals surface area contributed by atoms with Crippen molar-refractivity contribution in [2.75, 3.05) is 12.1 Å². The summed E-state index contributed by atoms with van der Waals surface area (Å²) in [5, 5.41) is 16.0. The van der Waals surface area contributed by atoms with Crippen molar-refractivity contribution in [3.05, 3.63) is 63.0 Å². The average Bonchev–Trinajstić information content (AvgIpc) is 3.30. The largest absolute Gasteiger partial charge is 0.454 e. The van der Waals surface area contributed by atoms with Crippen molar-refractivity contribution < 1.29 is 9.47 Å². The van der Waals surface area contributed by atoms with Crippen LogP contribution in [-0.4, -0.2) is 11.8 Å². The quantitative estimate of drug-likeness (QED) is 0.543. The number of hydrogen-bond acceptors (Lipinski definition) is 6. The van der Waals surface area contributed by atoms with Crippen LogP contribution in [0.4, 0.5) is 5.69 Å². The summed E-state index contributed by atoms with van der Waals surface area (Å²) in [6, 6.07) is 12.9. The zero-order valence-corrected chi connectivity index (χ0v) is 16.0. The third kappa shape index (κ3) is 3.86. The first-order chi connectivity index (χ1) is 13.1. The summed E-state index contributed by atoms with van der Waals surface area (Å²) in [6.07, 6.45) is 1.59. The van der Waals surface area contributed by atoms with Gasteiger partial charge in [0.25, 0.3) is 0 Å². The van der Waals surface area contributed by atoms with Crippen LogP contribution >= 0.6 is 34.5 Å². The van der Waals surface area contributed by atoms with Crippen LogP contribution in [0.2, 0.25) is 10.0 Å². The maximum absolute atomic E-state index is 9.49. The van der Waals surface area contributed by atoms with Gasteiger partial charge in [-0.25, -0.2) is 4.98 Å². The number of fused-ring (bicyclic) bond motifs is 1. The molecule has 27 heavy (non-hydrogen) atoms. The predicted molar refractivity (Wildman–Crippen MR) is 107 cm³/mol. The molecule has 0 saturated carbocycles. The van der Waals surface area contributed by atoms with Gasteiger partial charge in [-0.05, 0) is 36.4 Å². The van der Waals surface area contributed by atoms with E-state index in [1.165, 1.54) is 11.3 Å². The molecule has 0 bridgehead atoms. The Bertz CT molecular complexity index is 1070. The van der Waals surface area contributed by atoms with Crippen molar-refractivity contribution in [2.45, 2.75) is 0 Å². The number of anilines is 1. The number of rotatable bonds is 4. The molecule has 1 aromatic heterocycles. The number of aromatic nitrogens is 1. The predicted octanol–water partition coefficient (Wildman–Crippen LogP) is 5.82. The molecule has 1 N–H and O–H groups in total. The summed E-state index contributed by atoms with van der Waals surface area (Å²) < 4.78 is 10.7. The van der Waals surface area contributed by atoms with Crippen molar-refractivity contribution in [3.8, 4) is 28.8 Å². The summed E-state index contributed by atoms with van der Waals surface area (Å²) in [6.45, 7) is 0.224. The highest BCUT2D eigenvalue weighted by molar-refractivity contribution is 7.11. The van der Waals surface area contributed by atoms with Crippen LogP contribution in [0, 0.1) is 11.3 Å². The maximum atomic E-state index is 9.49. The van der Waals surface area contributed by atoms with E-state index in [2.05, 4.69) is 16.4 Å². The van der Waals surface area contributed by atoms with Crippen LogP contribution in [-0.2, 0) is 0 Å². The molecular formula is C19H11Cl2N3O2S. The molecule has 0 fully saturated rings. The summed E-state index contributed by atoms with van der Waals surface area (Å²) in [5.74, 6) is 1.41. The molecule has 2 heterocycles. The average molecular weight is 416 g/mol. The number of allylic oxidation sites excluding steroid dienone is 1. The second-order valence-corrected chi connectivity index (χ2v) is 7.31. The van der Waals surface area contributed by atoms with E-state index in [1.54, 1.807) is 24.4 Å². The van der Waals surface area contributed by atoms with E-state index in [-0.39, 0.29) is 6.79 Å². The Morgan fingerprint density at radius 2 is 1.93 bits per heavy atom. The molecule has 2 aromatic carbocycles. The second kappa shape index (κ2) is 7.49. The van der Waals surface area contributed by atoms with Crippen molar-refractivity contribution in [2.24, 2.45) is 0 Å². The molecule has 0 spiro atoms. The van der Waals surface area contributed by atoms with Gasteiger partial charge in [-0.1, -0.05) is 23.2 Å². The van der Waals surface area contributed by atoms with Gasteiger partial charge in [0, 0.05) is 32.9 Å². The third-order valence-electron chi connectivity index (χ3n) is 3.77. The summed E-state index contributed by atoms with van der Waals surface area (Å²) in [7, 11) is 0. The van der Waals surface area contributed by atoms with Crippen molar-refractivity contribution in [3.63, 3.8) is 0 Å². The Kier molecular flexibility index (Phi) is 4.90. The minimum Gasteiger partial charge on any atom is -0.454 e. The van der Waals surface area contributed by atoms with Gasteiger partial charge in [0.1, 0.15) is 16.6 Å². The molecule has 3 aromatic rings. The van der Waals surface area contributed by atoms with Gasteiger partial charge < -0.3 is 14.8 Å². The standard InChI is InChI=1S/C19H11Cl2N3O2S/c20-13-4-14(21)6-15(5-13)23-8-12(7-22)19-24-16(9-27-19)11-1-2-17-18(3-11)26-10-25-17/h1-6,8-9,23H,10H2/b12-8-. The molecule has 5 nitrogen and oxygen atoms in total. The zero-order valence-electron chi connectivity index (χ0n) is 13.7. The highest BCUT2D eigenvalue weighted by Gasteiger charge is 2.16. The van der Waals surface area contributed by atoms with Crippen molar-refractivity contribution in [1.82, 2.24) is 4.98 Å². The first-order valence-corrected chi connectivity index (χ1v) is 9.45. The van der Waals surface area contributed by atoms with E-state index in [4.69, 9.17) is 32.7 Å². The van der Waals surface area contributed by atoms with E-state index in [1.807, 2.05) is 23.6 Å². The smallest absolute Gasteiger partial charge is 0.231 e. The normalized spacial score (nSPS) is 12.7. The van der Waals surface area contributed by atoms with E-state index in [0.29, 0.717) is 32.1 Å². The summed E-state index contributed by atoms with van der Waals surface area (Å²) in [4.78, 5) is 4.56. The first kappa shape index (κ1) is 17.7. The van der Waals surface area contributed by atoms with Gasteiger partial charge >= 0.3 is 0 Å². The summed E-state index contributed by atoms with van der Waals surface area (Å²) in [5.41, 5.74) is 2.75.